The van der Waals surface area contributed by atoms with Gasteiger partial charge in [0.25, 0.3) is 0 Å². The van der Waals surface area contributed by atoms with E-state index in [1.165, 1.54) is 11.1 Å². The van der Waals surface area contributed by atoms with E-state index in [9.17, 15) is 9.59 Å². The molecule has 0 aromatic heterocycles. The van der Waals surface area contributed by atoms with Gasteiger partial charge in [0.1, 0.15) is 12.6 Å². The number of ketones is 1. The predicted octanol–water partition coefficient (Wildman–Crippen LogP) is 4.10. The Morgan fingerprint density at radius 2 is 1.89 bits per heavy atom. The first-order valence-corrected chi connectivity index (χ1v) is 10.8. The first-order chi connectivity index (χ1) is 12.6. The molecule has 1 aliphatic heterocycles. The van der Waals surface area contributed by atoms with Crippen molar-refractivity contribution in [1.29, 1.82) is 0 Å². The quantitative estimate of drug-likeness (QED) is 0.760. The average Bonchev–Trinajstić information content (AvgIpc) is 2.89. The number of carbonyl (C=O) groups excluding carboxylic acids is 2. The highest BCUT2D eigenvalue weighted by Crippen LogP contribution is 2.27. The zero-order chi connectivity index (χ0) is 20.2. The van der Waals surface area contributed by atoms with Crippen LogP contribution in [0.25, 0.3) is 0 Å². The maximum Gasteiger partial charge on any atom is 0.233 e. The van der Waals surface area contributed by atoms with Crippen LogP contribution in [0.3, 0.4) is 0 Å². The van der Waals surface area contributed by atoms with Gasteiger partial charge in [0.05, 0.1) is 11.4 Å². The van der Waals surface area contributed by atoms with E-state index in [-0.39, 0.29) is 35.1 Å². The molecule has 2 rings (SSSR count). The van der Waals surface area contributed by atoms with E-state index < -0.39 is 6.04 Å². The van der Waals surface area contributed by atoms with E-state index >= 15 is 0 Å². The molecule has 0 saturated carbocycles. The number of rotatable bonds is 7. The molecule has 1 amide bonds. The van der Waals surface area contributed by atoms with Gasteiger partial charge >= 0.3 is 0 Å². The molecule has 1 saturated heterocycles. The molecule has 1 unspecified atom stereocenters. The minimum absolute atomic E-state index is 0.0399. The molecule has 1 fully saturated rings. The second kappa shape index (κ2) is 9.24. The van der Waals surface area contributed by atoms with Gasteiger partial charge in [-0.15, -0.1) is 11.8 Å². The number of Topliss-reactive ketones (excluding diaryl/α,β-unsaturated/α-hetero) is 1. The fraction of sp³-hybridized carbons (Fsp3) is 0.636. The maximum atomic E-state index is 12.8. The van der Waals surface area contributed by atoms with Crippen LogP contribution in [0, 0.1) is 5.92 Å². The lowest BCUT2D eigenvalue weighted by atomic mass is 9.87. The highest BCUT2D eigenvalue weighted by atomic mass is 32.2. The first kappa shape index (κ1) is 22.0. The van der Waals surface area contributed by atoms with Gasteiger partial charge in [-0.2, -0.15) is 0 Å². The van der Waals surface area contributed by atoms with Gasteiger partial charge in [-0.05, 0) is 35.8 Å². The standard InChI is InChI=1S/C22H33NO3S/c1-14(2)11-19(21(25)23-20-15(3)26-12-18(20)24)27-13-16-7-9-17(10-8-16)22(4,5)6/h7-10,14-15,19-20H,11-13H2,1-6H3,(H,23,25)/t15-,19?,20+/m1/s1. The molecule has 1 aromatic carbocycles. The molecular weight excluding hydrogens is 358 g/mol. The molecule has 1 N–H and O–H groups in total. The highest BCUT2D eigenvalue weighted by molar-refractivity contribution is 7.99. The molecule has 150 valence electrons. The fourth-order valence-electron chi connectivity index (χ4n) is 3.08. The van der Waals surface area contributed by atoms with Gasteiger partial charge in [-0.25, -0.2) is 0 Å². The van der Waals surface area contributed by atoms with Crippen molar-refractivity contribution in [2.75, 3.05) is 6.61 Å². The molecule has 27 heavy (non-hydrogen) atoms. The predicted molar refractivity (Wildman–Crippen MR) is 112 cm³/mol. The second-order valence-corrected chi connectivity index (χ2v) is 10.0. The number of nitrogens with one attached hydrogen (secondary N) is 1. The van der Waals surface area contributed by atoms with Crippen LogP contribution in [-0.2, 0) is 25.5 Å². The largest absolute Gasteiger partial charge is 0.368 e. The third-order valence-electron chi connectivity index (χ3n) is 4.85. The van der Waals surface area contributed by atoms with E-state index in [4.69, 9.17) is 4.74 Å². The number of hydrogen-bond donors (Lipinski definition) is 1. The van der Waals surface area contributed by atoms with Gasteiger partial charge in [0, 0.05) is 5.75 Å². The Bertz CT molecular complexity index is 649. The summed E-state index contributed by atoms with van der Waals surface area (Å²) in [6.45, 7) is 12.8. The Morgan fingerprint density at radius 1 is 1.26 bits per heavy atom. The Balaban J connectivity index is 1.99. The summed E-state index contributed by atoms with van der Waals surface area (Å²) >= 11 is 1.65. The molecule has 0 radical (unpaired) electrons. The van der Waals surface area contributed by atoms with Crippen LogP contribution >= 0.6 is 11.8 Å². The SMILES string of the molecule is CC(C)CC(SCc1ccc(C(C)(C)C)cc1)C(=O)N[C@@H]1C(=O)CO[C@@H]1C. The van der Waals surface area contributed by atoms with Crippen molar-refractivity contribution in [2.45, 2.75) is 76.5 Å². The third-order valence-corrected chi connectivity index (χ3v) is 6.16. The smallest absolute Gasteiger partial charge is 0.233 e. The Morgan fingerprint density at radius 3 is 2.37 bits per heavy atom. The topological polar surface area (TPSA) is 55.4 Å². The minimum Gasteiger partial charge on any atom is -0.368 e. The molecule has 1 aliphatic rings. The van der Waals surface area contributed by atoms with E-state index in [2.05, 4.69) is 64.2 Å². The Hall–Kier alpha value is -1.33. The van der Waals surface area contributed by atoms with Crippen LogP contribution in [0.4, 0.5) is 0 Å². The van der Waals surface area contributed by atoms with Crippen LogP contribution in [0.15, 0.2) is 24.3 Å². The lowest BCUT2D eigenvalue weighted by Crippen LogP contribution is -2.47. The van der Waals surface area contributed by atoms with Crippen molar-refractivity contribution < 1.29 is 14.3 Å². The van der Waals surface area contributed by atoms with Gasteiger partial charge in [-0.3, -0.25) is 9.59 Å². The van der Waals surface area contributed by atoms with E-state index in [1.807, 2.05) is 6.92 Å². The molecule has 0 aliphatic carbocycles. The highest BCUT2D eigenvalue weighted by Gasteiger charge is 2.35. The molecule has 1 heterocycles. The molecule has 5 heteroatoms. The molecule has 0 bridgehead atoms. The van der Waals surface area contributed by atoms with Crippen molar-refractivity contribution in [3.8, 4) is 0 Å². The van der Waals surface area contributed by atoms with Crippen molar-refractivity contribution in [1.82, 2.24) is 5.32 Å². The molecule has 1 aromatic rings. The Labute approximate surface area is 167 Å². The average molecular weight is 392 g/mol. The lowest BCUT2D eigenvalue weighted by molar-refractivity contribution is -0.126. The zero-order valence-corrected chi connectivity index (χ0v) is 18.2. The summed E-state index contributed by atoms with van der Waals surface area (Å²) in [5, 5.41) is 2.74. The molecule has 4 nitrogen and oxygen atoms in total. The summed E-state index contributed by atoms with van der Waals surface area (Å²) in [5.41, 5.74) is 2.66. The number of benzene rings is 1. The summed E-state index contributed by atoms with van der Waals surface area (Å²) < 4.78 is 5.34. The van der Waals surface area contributed by atoms with Crippen molar-refractivity contribution in [2.24, 2.45) is 5.92 Å². The van der Waals surface area contributed by atoms with Gasteiger partial charge < -0.3 is 10.1 Å². The number of hydrogen-bond acceptors (Lipinski definition) is 4. The number of thioether (sulfide) groups is 1. The van der Waals surface area contributed by atoms with Crippen LogP contribution in [-0.4, -0.2) is 35.7 Å². The first-order valence-electron chi connectivity index (χ1n) is 9.73. The molecule has 0 spiro atoms. The zero-order valence-electron chi connectivity index (χ0n) is 17.4. The molecular formula is C22H33NO3S. The summed E-state index contributed by atoms with van der Waals surface area (Å²) in [7, 11) is 0. The summed E-state index contributed by atoms with van der Waals surface area (Å²) in [4.78, 5) is 24.7. The summed E-state index contributed by atoms with van der Waals surface area (Å²) in [6, 6.07) is 8.12. The van der Waals surface area contributed by atoms with E-state index in [0.717, 1.165) is 12.2 Å². The van der Waals surface area contributed by atoms with Crippen LogP contribution in [0.2, 0.25) is 0 Å². The summed E-state index contributed by atoms with van der Waals surface area (Å²) in [5.74, 6) is 1.09. The second-order valence-electron chi connectivity index (χ2n) is 8.84. The Kier molecular flexibility index (Phi) is 7.52. The molecule has 3 atom stereocenters. The number of amides is 1. The normalized spacial score (nSPS) is 21.5. The third kappa shape index (κ3) is 6.35. The fourth-order valence-corrected chi connectivity index (χ4v) is 4.41. The monoisotopic (exact) mass is 391 g/mol. The van der Waals surface area contributed by atoms with Crippen LogP contribution < -0.4 is 5.32 Å². The number of ether oxygens (including phenoxy) is 1. The lowest BCUT2D eigenvalue weighted by Gasteiger charge is -2.22. The number of carbonyl (C=O) groups is 2. The van der Waals surface area contributed by atoms with E-state index in [1.54, 1.807) is 11.8 Å². The van der Waals surface area contributed by atoms with Crippen molar-refractivity contribution in [3.63, 3.8) is 0 Å². The maximum absolute atomic E-state index is 12.8. The van der Waals surface area contributed by atoms with Crippen LogP contribution in [0.5, 0.6) is 0 Å². The summed E-state index contributed by atoms with van der Waals surface area (Å²) in [6.07, 6.45) is 0.531. The van der Waals surface area contributed by atoms with Crippen molar-refractivity contribution >= 4 is 23.5 Å². The minimum atomic E-state index is -0.515. The van der Waals surface area contributed by atoms with Crippen molar-refractivity contribution in [3.05, 3.63) is 35.4 Å². The van der Waals surface area contributed by atoms with Crippen LogP contribution in [0.1, 0.15) is 59.1 Å². The van der Waals surface area contributed by atoms with Gasteiger partial charge in [0.15, 0.2) is 5.78 Å². The van der Waals surface area contributed by atoms with Gasteiger partial charge in [0.2, 0.25) is 5.91 Å². The van der Waals surface area contributed by atoms with Gasteiger partial charge in [-0.1, -0.05) is 58.9 Å². The van der Waals surface area contributed by atoms with E-state index in [0.29, 0.717) is 5.92 Å².